The van der Waals surface area contributed by atoms with Gasteiger partial charge in [-0.25, -0.2) is 8.42 Å². The van der Waals surface area contributed by atoms with Gasteiger partial charge in [0.2, 0.25) is 15.9 Å². The lowest BCUT2D eigenvalue weighted by Gasteiger charge is -2.24. The van der Waals surface area contributed by atoms with Gasteiger partial charge in [-0.3, -0.25) is 9.10 Å². The standard InChI is InChI=1S/C14H21ClN2O5S/c1-10(9-21-2)16-14(18)8-17(23(4,19)20)12-7-11(15)5-6-13(12)22-3/h5-7,10H,8-9H2,1-4H3,(H,16,18)/t10-/m0/s1. The molecule has 130 valence electrons. The zero-order valence-corrected chi connectivity index (χ0v) is 15.1. The van der Waals surface area contributed by atoms with Gasteiger partial charge in [-0.05, 0) is 25.1 Å². The van der Waals surface area contributed by atoms with E-state index in [1.165, 1.54) is 20.3 Å². The fourth-order valence-electron chi connectivity index (χ4n) is 1.98. The van der Waals surface area contributed by atoms with Crippen LogP contribution in [0.4, 0.5) is 5.69 Å². The van der Waals surface area contributed by atoms with E-state index in [0.717, 1.165) is 10.6 Å². The topological polar surface area (TPSA) is 84.9 Å². The van der Waals surface area contributed by atoms with Gasteiger partial charge < -0.3 is 14.8 Å². The first-order valence-electron chi connectivity index (χ1n) is 6.78. The molecular weight excluding hydrogens is 344 g/mol. The molecule has 0 aliphatic rings. The number of nitrogens with one attached hydrogen (secondary N) is 1. The molecule has 0 spiro atoms. The second kappa shape index (κ2) is 8.37. The molecule has 0 aliphatic carbocycles. The second-order valence-corrected chi connectivity index (χ2v) is 7.35. The van der Waals surface area contributed by atoms with Crippen LogP contribution in [0.1, 0.15) is 6.92 Å². The van der Waals surface area contributed by atoms with Crippen molar-refractivity contribution in [3.05, 3.63) is 23.2 Å². The van der Waals surface area contributed by atoms with E-state index < -0.39 is 15.9 Å². The van der Waals surface area contributed by atoms with Crippen LogP contribution in [0.15, 0.2) is 18.2 Å². The summed E-state index contributed by atoms with van der Waals surface area (Å²) in [4.78, 5) is 12.1. The van der Waals surface area contributed by atoms with Crippen molar-refractivity contribution in [3.63, 3.8) is 0 Å². The average Bonchev–Trinajstić information content (AvgIpc) is 2.43. The zero-order chi connectivity index (χ0) is 17.6. The first kappa shape index (κ1) is 19.5. The normalized spacial score (nSPS) is 12.6. The molecule has 0 saturated carbocycles. The summed E-state index contributed by atoms with van der Waals surface area (Å²) in [5.41, 5.74) is 0.206. The molecule has 0 bridgehead atoms. The summed E-state index contributed by atoms with van der Waals surface area (Å²) in [6, 6.07) is 4.31. The number of amides is 1. The first-order valence-corrected chi connectivity index (χ1v) is 9.01. The van der Waals surface area contributed by atoms with Crippen LogP contribution < -0.4 is 14.4 Å². The van der Waals surface area contributed by atoms with E-state index in [-0.39, 0.29) is 18.3 Å². The third-order valence-electron chi connectivity index (χ3n) is 2.92. The van der Waals surface area contributed by atoms with Crippen LogP contribution in [0, 0.1) is 0 Å². The zero-order valence-electron chi connectivity index (χ0n) is 13.5. The first-order chi connectivity index (χ1) is 10.7. The van der Waals surface area contributed by atoms with Crippen molar-refractivity contribution in [2.45, 2.75) is 13.0 Å². The van der Waals surface area contributed by atoms with E-state index in [4.69, 9.17) is 21.1 Å². The minimum Gasteiger partial charge on any atom is -0.495 e. The largest absolute Gasteiger partial charge is 0.495 e. The highest BCUT2D eigenvalue weighted by atomic mass is 35.5. The van der Waals surface area contributed by atoms with E-state index in [9.17, 15) is 13.2 Å². The van der Waals surface area contributed by atoms with E-state index in [1.807, 2.05) is 0 Å². The molecule has 1 atom stereocenters. The van der Waals surface area contributed by atoms with Gasteiger partial charge in [-0.2, -0.15) is 0 Å². The molecule has 0 aliphatic heterocycles. The number of ether oxygens (including phenoxy) is 2. The van der Waals surface area contributed by atoms with Crippen molar-refractivity contribution in [2.24, 2.45) is 0 Å². The molecule has 0 radical (unpaired) electrons. The molecule has 0 aromatic heterocycles. The number of anilines is 1. The number of methoxy groups -OCH3 is 2. The van der Waals surface area contributed by atoms with Gasteiger partial charge in [0.05, 0.1) is 25.7 Å². The van der Waals surface area contributed by atoms with Gasteiger partial charge >= 0.3 is 0 Å². The van der Waals surface area contributed by atoms with Crippen molar-refractivity contribution in [3.8, 4) is 5.75 Å². The highest BCUT2D eigenvalue weighted by Gasteiger charge is 2.24. The maximum atomic E-state index is 12.1. The average molecular weight is 365 g/mol. The Labute approximate surface area is 141 Å². The lowest BCUT2D eigenvalue weighted by molar-refractivity contribution is -0.120. The Morgan fingerprint density at radius 3 is 2.57 bits per heavy atom. The molecule has 0 heterocycles. The minimum atomic E-state index is -3.71. The molecule has 1 rings (SSSR count). The summed E-state index contributed by atoms with van der Waals surface area (Å²) in [7, 11) is -0.781. The number of nitrogens with zero attached hydrogens (tertiary/aromatic N) is 1. The van der Waals surface area contributed by atoms with Crippen LogP contribution in [-0.2, 0) is 19.6 Å². The summed E-state index contributed by atoms with van der Waals surface area (Å²) in [5.74, 6) is -0.153. The van der Waals surface area contributed by atoms with Crippen molar-refractivity contribution in [2.75, 3.05) is 37.9 Å². The molecule has 0 saturated heterocycles. The van der Waals surface area contributed by atoms with E-state index in [0.29, 0.717) is 17.4 Å². The molecule has 1 N–H and O–H groups in total. The summed E-state index contributed by atoms with van der Waals surface area (Å²) < 4.78 is 35.2. The smallest absolute Gasteiger partial charge is 0.241 e. The van der Waals surface area contributed by atoms with E-state index >= 15 is 0 Å². The number of benzene rings is 1. The van der Waals surface area contributed by atoms with Gasteiger partial charge in [0.1, 0.15) is 12.3 Å². The third-order valence-corrected chi connectivity index (χ3v) is 4.28. The van der Waals surface area contributed by atoms with Crippen LogP contribution in [0.5, 0.6) is 5.75 Å². The fourth-order valence-corrected chi connectivity index (χ4v) is 3.00. The molecule has 9 heteroatoms. The number of halogens is 1. The molecule has 0 unspecified atom stereocenters. The Bertz CT molecular complexity index is 651. The van der Waals surface area contributed by atoms with Crippen LogP contribution in [0.2, 0.25) is 5.02 Å². The molecule has 23 heavy (non-hydrogen) atoms. The highest BCUT2D eigenvalue weighted by Crippen LogP contribution is 2.32. The Balaban J connectivity index is 3.08. The highest BCUT2D eigenvalue weighted by molar-refractivity contribution is 7.92. The van der Waals surface area contributed by atoms with Gasteiger partial charge in [0.15, 0.2) is 0 Å². The number of rotatable bonds is 8. The summed E-state index contributed by atoms with van der Waals surface area (Å²) in [6.45, 7) is 1.70. The number of carbonyl (C=O) groups is 1. The molecule has 1 amide bonds. The Morgan fingerprint density at radius 2 is 2.04 bits per heavy atom. The SMILES string of the molecule is COC[C@H](C)NC(=O)CN(c1cc(Cl)ccc1OC)S(C)(=O)=O. The summed E-state index contributed by atoms with van der Waals surface area (Å²) in [5, 5.41) is 3.00. The number of carbonyl (C=O) groups excluding carboxylic acids is 1. The molecule has 1 aromatic carbocycles. The molecule has 0 fully saturated rings. The molecule has 1 aromatic rings. The van der Waals surface area contributed by atoms with Gasteiger partial charge in [0.25, 0.3) is 0 Å². The quantitative estimate of drug-likeness (QED) is 0.750. The van der Waals surface area contributed by atoms with Crippen molar-refractivity contribution in [1.29, 1.82) is 0 Å². The van der Waals surface area contributed by atoms with Crippen LogP contribution in [0.25, 0.3) is 0 Å². The minimum absolute atomic E-state index is 0.206. The molecule has 7 nitrogen and oxygen atoms in total. The Kier molecular flexibility index (Phi) is 7.11. The number of sulfonamides is 1. The van der Waals surface area contributed by atoms with E-state index in [2.05, 4.69) is 5.32 Å². The van der Waals surface area contributed by atoms with Crippen molar-refractivity contribution < 1.29 is 22.7 Å². The van der Waals surface area contributed by atoms with Crippen molar-refractivity contribution >= 4 is 33.2 Å². The number of hydrogen-bond acceptors (Lipinski definition) is 5. The predicted molar refractivity (Wildman–Crippen MR) is 89.7 cm³/mol. The maximum absolute atomic E-state index is 12.1. The summed E-state index contributed by atoms with van der Waals surface area (Å²) in [6.07, 6.45) is 1.01. The number of hydrogen-bond donors (Lipinski definition) is 1. The van der Waals surface area contributed by atoms with Crippen LogP contribution >= 0.6 is 11.6 Å². The summed E-state index contributed by atoms with van der Waals surface area (Å²) >= 11 is 5.94. The lowest BCUT2D eigenvalue weighted by Crippen LogP contribution is -2.44. The molecular formula is C14H21ClN2O5S. The van der Waals surface area contributed by atoms with E-state index in [1.54, 1.807) is 19.1 Å². The second-order valence-electron chi connectivity index (χ2n) is 5.01. The predicted octanol–water partition coefficient (Wildman–Crippen LogP) is 1.27. The van der Waals surface area contributed by atoms with Crippen molar-refractivity contribution in [1.82, 2.24) is 5.32 Å². The maximum Gasteiger partial charge on any atom is 0.241 e. The van der Waals surface area contributed by atoms with Crippen LogP contribution in [0.3, 0.4) is 0 Å². The monoisotopic (exact) mass is 364 g/mol. The van der Waals surface area contributed by atoms with Gasteiger partial charge in [0, 0.05) is 18.2 Å². The Hall–Kier alpha value is -1.51. The van der Waals surface area contributed by atoms with Crippen LogP contribution in [-0.4, -0.2) is 54.0 Å². The fraction of sp³-hybridized carbons (Fsp3) is 0.500. The lowest BCUT2D eigenvalue weighted by atomic mass is 10.3. The third kappa shape index (κ3) is 5.89. The Morgan fingerprint density at radius 1 is 1.39 bits per heavy atom. The van der Waals surface area contributed by atoms with Gasteiger partial charge in [-0.1, -0.05) is 11.6 Å². The van der Waals surface area contributed by atoms with Gasteiger partial charge in [-0.15, -0.1) is 0 Å².